The molecular formula is C19H22FN3O2. The second-order valence-electron chi connectivity index (χ2n) is 6.45. The van der Waals surface area contributed by atoms with Crippen molar-refractivity contribution < 1.29 is 13.9 Å². The van der Waals surface area contributed by atoms with Gasteiger partial charge in [-0.3, -0.25) is 10.1 Å². The lowest BCUT2D eigenvalue weighted by atomic mass is 9.76. The molecule has 1 heterocycles. The summed E-state index contributed by atoms with van der Waals surface area (Å²) in [6.07, 6.45) is 9.99. The number of carbonyl (C=O) groups excluding carboxylic acids is 1. The number of carbonyl (C=O) groups is 1. The molecule has 3 rings (SSSR count). The van der Waals surface area contributed by atoms with Gasteiger partial charge in [-0.15, -0.1) is 0 Å². The number of ether oxygens (including phenoxy) is 1. The molecule has 0 aliphatic heterocycles. The van der Waals surface area contributed by atoms with Crippen molar-refractivity contribution in [1.29, 1.82) is 0 Å². The number of nitrogens with one attached hydrogen (secondary N) is 1. The standard InChI is InChI=1S/C19H22FN3O2/c20-17-6-4-5-16(9-17)19(7-2-1-3-8-19)23-18(12-25-14-24)15-10-21-13-22-11-15/h4-6,9-11,13-14,18,23H,1-3,7-8,12H2. The van der Waals surface area contributed by atoms with E-state index in [4.69, 9.17) is 4.74 Å². The molecule has 25 heavy (non-hydrogen) atoms. The molecule has 0 saturated heterocycles. The number of benzene rings is 1. The highest BCUT2D eigenvalue weighted by atomic mass is 19.1. The molecule has 1 fully saturated rings. The quantitative estimate of drug-likeness (QED) is 0.782. The van der Waals surface area contributed by atoms with E-state index in [2.05, 4.69) is 15.3 Å². The third-order valence-corrected chi connectivity index (χ3v) is 4.85. The Kier molecular flexibility index (Phi) is 5.71. The number of halogens is 1. The van der Waals surface area contributed by atoms with Crippen LogP contribution in [0.1, 0.15) is 49.3 Å². The summed E-state index contributed by atoms with van der Waals surface area (Å²) >= 11 is 0. The molecule has 1 saturated carbocycles. The molecule has 0 spiro atoms. The Hall–Kier alpha value is -2.34. The molecule has 0 radical (unpaired) electrons. The summed E-state index contributed by atoms with van der Waals surface area (Å²) in [5.41, 5.74) is 1.42. The molecule has 1 aliphatic carbocycles. The van der Waals surface area contributed by atoms with Gasteiger partial charge in [-0.25, -0.2) is 14.4 Å². The lowest BCUT2D eigenvalue weighted by Gasteiger charge is -2.41. The van der Waals surface area contributed by atoms with Crippen LogP contribution < -0.4 is 5.32 Å². The summed E-state index contributed by atoms with van der Waals surface area (Å²) in [5, 5.41) is 3.63. The monoisotopic (exact) mass is 343 g/mol. The molecule has 6 heteroatoms. The predicted octanol–water partition coefficient (Wildman–Crippen LogP) is 3.28. The zero-order chi connectivity index (χ0) is 17.5. The van der Waals surface area contributed by atoms with Crippen LogP contribution in [0, 0.1) is 5.82 Å². The molecule has 1 unspecified atom stereocenters. The summed E-state index contributed by atoms with van der Waals surface area (Å²) < 4.78 is 18.9. The molecule has 0 amide bonds. The van der Waals surface area contributed by atoms with Gasteiger partial charge in [0.15, 0.2) is 0 Å². The first-order chi connectivity index (χ1) is 12.2. The topological polar surface area (TPSA) is 64.1 Å². The SMILES string of the molecule is O=COCC(NC1(c2cccc(F)c2)CCCCC1)c1cncnc1. The van der Waals surface area contributed by atoms with Gasteiger partial charge in [0.25, 0.3) is 6.47 Å². The largest absolute Gasteiger partial charge is 0.466 e. The summed E-state index contributed by atoms with van der Waals surface area (Å²) in [6, 6.07) is 6.49. The smallest absolute Gasteiger partial charge is 0.293 e. The minimum Gasteiger partial charge on any atom is -0.466 e. The van der Waals surface area contributed by atoms with Gasteiger partial charge < -0.3 is 4.74 Å². The van der Waals surface area contributed by atoms with Crippen LogP contribution in [-0.2, 0) is 15.1 Å². The van der Waals surface area contributed by atoms with Crippen molar-refractivity contribution in [3.63, 3.8) is 0 Å². The van der Waals surface area contributed by atoms with Gasteiger partial charge in [-0.1, -0.05) is 31.4 Å². The van der Waals surface area contributed by atoms with Gasteiger partial charge in [0.05, 0.1) is 6.04 Å². The van der Waals surface area contributed by atoms with Crippen molar-refractivity contribution >= 4 is 6.47 Å². The number of nitrogens with zero attached hydrogens (tertiary/aromatic N) is 2. The van der Waals surface area contributed by atoms with E-state index in [1.165, 1.54) is 18.8 Å². The average molecular weight is 343 g/mol. The van der Waals surface area contributed by atoms with E-state index in [0.29, 0.717) is 6.47 Å². The first kappa shape index (κ1) is 17.5. The number of hydrogen-bond acceptors (Lipinski definition) is 5. The number of hydrogen-bond donors (Lipinski definition) is 1. The minimum atomic E-state index is -0.354. The van der Waals surface area contributed by atoms with Crippen LogP contribution >= 0.6 is 0 Å². The van der Waals surface area contributed by atoms with Gasteiger partial charge >= 0.3 is 0 Å². The van der Waals surface area contributed by atoms with Crippen LogP contribution in [0.4, 0.5) is 4.39 Å². The normalized spacial score (nSPS) is 17.6. The third-order valence-electron chi connectivity index (χ3n) is 4.85. The second-order valence-corrected chi connectivity index (χ2v) is 6.45. The lowest BCUT2D eigenvalue weighted by molar-refractivity contribution is -0.129. The Balaban J connectivity index is 1.93. The molecule has 132 valence electrons. The Morgan fingerprint density at radius 3 is 2.68 bits per heavy atom. The Morgan fingerprint density at radius 1 is 1.24 bits per heavy atom. The fourth-order valence-corrected chi connectivity index (χ4v) is 3.64. The Morgan fingerprint density at radius 2 is 2.00 bits per heavy atom. The van der Waals surface area contributed by atoms with Gasteiger partial charge in [0.2, 0.25) is 0 Å². The van der Waals surface area contributed by atoms with Gasteiger partial charge in [0.1, 0.15) is 18.8 Å². The first-order valence-electron chi connectivity index (χ1n) is 8.57. The van der Waals surface area contributed by atoms with E-state index in [0.717, 1.165) is 36.8 Å². The molecule has 1 atom stereocenters. The van der Waals surface area contributed by atoms with E-state index in [-0.39, 0.29) is 24.0 Å². The average Bonchev–Trinajstić information content (AvgIpc) is 2.66. The van der Waals surface area contributed by atoms with Crippen molar-refractivity contribution in [2.75, 3.05) is 6.61 Å². The fraction of sp³-hybridized carbons (Fsp3) is 0.421. The lowest BCUT2D eigenvalue weighted by Crippen LogP contribution is -2.47. The van der Waals surface area contributed by atoms with Crippen molar-refractivity contribution in [2.45, 2.75) is 43.7 Å². The highest BCUT2D eigenvalue weighted by molar-refractivity contribution is 5.37. The maximum atomic E-state index is 13.8. The van der Waals surface area contributed by atoms with Crippen molar-refractivity contribution in [3.8, 4) is 0 Å². The van der Waals surface area contributed by atoms with Crippen LogP contribution in [0.2, 0.25) is 0 Å². The highest BCUT2D eigenvalue weighted by Crippen LogP contribution is 2.39. The molecule has 0 bridgehead atoms. The van der Waals surface area contributed by atoms with Crippen molar-refractivity contribution in [2.24, 2.45) is 0 Å². The summed E-state index contributed by atoms with van der Waals surface area (Å²) in [4.78, 5) is 18.8. The van der Waals surface area contributed by atoms with E-state index in [1.807, 2.05) is 6.07 Å². The molecule has 2 aromatic rings. The summed E-state index contributed by atoms with van der Waals surface area (Å²) in [5.74, 6) is -0.243. The first-order valence-corrected chi connectivity index (χ1v) is 8.57. The molecule has 5 nitrogen and oxygen atoms in total. The summed E-state index contributed by atoms with van der Waals surface area (Å²) in [6.45, 7) is 0.613. The van der Waals surface area contributed by atoms with Gasteiger partial charge in [0, 0.05) is 23.5 Å². The Bertz CT molecular complexity index is 690. The van der Waals surface area contributed by atoms with E-state index in [9.17, 15) is 9.18 Å². The van der Waals surface area contributed by atoms with E-state index < -0.39 is 0 Å². The zero-order valence-electron chi connectivity index (χ0n) is 14.0. The van der Waals surface area contributed by atoms with Crippen molar-refractivity contribution in [1.82, 2.24) is 15.3 Å². The van der Waals surface area contributed by atoms with Crippen LogP contribution in [0.5, 0.6) is 0 Å². The minimum absolute atomic E-state index is 0.175. The molecule has 1 aromatic heterocycles. The second kappa shape index (κ2) is 8.16. The van der Waals surface area contributed by atoms with E-state index in [1.54, 1.807) is 24.5 Å². The highest BCUT2D eigenvalue weighted by Gasteiger charge is 2.36. The number of rotatable bonds is 7. The van der Waals surface area contributed by atoms with Gasteiger partial charge in [-0.05, 0) is 30.5 Å². The molecular weight excluding hydrogens is 321 g/mol. The van der Waals surface area contributed by atoms with Crippen LogP contribution in [-0.4, -0.2) is 23.0 Å². The van der Waals surface area contributed by atoms with Gasteiger partial charge in [-0.2, -0.15) is 0 Å². The maximum absolute atomic E-state index is 13.8. The van der Waals surface area contributed by atoms with Crippen LogP contribution in [0.25, 0.3) is 0 Å². The molecule has 1 aliphatic rings. The summed E-state index contributed by atoms with van der Waals surface area (Å²) in [7, 11) is 0. The predicted molar refractivity (Wildman–Crippen MR) is 91.1 cm³/mol. The fourth-order valence-electron chi connectivity index (χ4n) is 3.64. The van der Waals surface area contributed by atoms with Crippen LogP contribution in [0.15, 0.2) is 43.0 Å². The van der Waals surface area contributed by atoms with Crippen molar-refractivity contribution in [3.05, 3.63) is 59.9 Å². The Labute approximate surface area is 146 Å². The molecule has 1 aromatic carbocycles. The van der Waals surface area contributed by atoms with Crippen LogP contribution in [0.3, 0.4) is 0 Å². The maximum Gasteiger partial charge on any atom is 0.293 e. The van der Waals surface area contributed by atoms with E-state index >= 15 is 0 Å². The zero-order valence-corrected chi connectivity index (χ0v) is 14.0. The third kappa shape index (κ3) is 4.20. The molecule has 1 N–H and O–H groups in total. The number of aromatic nitrogens is 2.